The largest absolute Gasteiger partial charge is 0.493 e. The number of piperidine rings is 1. The first-order chi connectivity index (χ1) is 31.5. The molecule has 340 valence electrons. The van der Waals surface area contributed by atoms with E-state index in [2.05, 4.69) is 20.9 Å². The number of amides is 5. The van der Waals surface area contributed by atoms with Gasteiger partial charge in [-0.3, -0.25) is 19.2 Å². The number of fused-ring (bicyclic) bond motifs is 2. The number of hydrogen-bond donors (Lipinski definition) is 4. The Hall–Kier alpha value is -7.18. The zero-order chi connectivity index (χ0) is 45.6. The highest BCUT2D eigenvalue weighted by molar-refractivity contribution is 6.06. The van der Waals surface area contributed by atoms with E-state index in [1.165, 1.54) is 19.2 Å². The van der Waals surface area contributed by atoms with Gasteiger partial charge in [-0.05, 0) is 81.3 Å². The number of para-hydroxylation sites is 1. The van der Waals surface area contributed by atoms with Crippen molar-refractivity contribution in [1.82, 2.24) is 19.0 Å². The molecule has 2 saturated heterocycles. The Kier molecular flexibility index (Phi) is 13.5. The lowest BCUT2D eigenvalue weighted by Crippen LogP contribution is -2.57. The number of nitrogens with zero attached hydrogens (tertiary/aromatic N) is 5. The summed E-state index contributed by atoms with van der Waals surface area (Å²) in [6, 6.07) is 20.3. The van der Waals surface area contributed by atoms with E-state index in [9.17, 15) is 29.1 Å². The summed E-state index contributed by atoms with van der Waals surface area (Å²) in [5, 5.41) is 19.2. The van der Waals surface area contributed by atoms with Gasteiger partial charge in [-0.25, -0.2) is 14.7 Å². The van der Waals surface area contributed by atoms with Crippen LogP contribution in [0.2, 0.25) is 0 Å². The van der Waals surface area contributed by atoms with Crippen molar-refractivity contribution in [2.24, 2.45) is 14.1 Å². The number of ether oxygens (including phenoxy) is 4. The zero-order valence-electron chi connectivity index (χ0n) is 36.5. The van der Waals surface area contributed by atoms with Gasteiger partial charge in [-0.15, -0.1) is 0 Å². The van der Waals surface area contributed by atoms with E-state index < -0.39 is 24.7 Å². The molecule has 18 heteroatoms. The Morgan fingerprint density at radius 2 is 1.58 bits per heavy atom. The predicted molar refractivity (Wildman–Crippen MR) is 240 cm³/mol. The number of benzene rings is 3. The van der Waals surface area contributed by atoms with E-state index in [0.29, 0.717) is 54.4 Å². The molecule has 3 aromatic carbocycles. The smallest absolute Gasteiger partial charge is 0.414 e. The second kappa shape index (κ2) is 19.7. The van der Waals surface area contributed by atoms with Crippen molar-refractivity contribution in [2.45, 2.75) is 69.9 Å². The Morgan fingerprint density at radius 1 is 0.831 bits per heavy atom. The van der Waals surface area contributed by atoms with Crippen LogP contribution >= 0.6 is 0 Å². The van der Waals surface area contributed by atoms with Gasteiger partial charge in [-0.1, -0.05) is 30.3 Å². The third-order valence-corrected chi connectivity index (χ3v) is 11.7. The maximum Gasteiger partial charge on any atom is 0.414 e. The van der Waals surface area contributed by atoms with E-state index >= 15 is 0 Å². The van der Waals surface area contributed by atoms with E-state index in [1.807, 2.05) is 18.2 Å². The molecular formula is C47H52N8O10. The molecule has 0 bridgehead atoms. The monoisotopic (exact) mass is 888 g/mol. The third-order valence-electron chi connectivity index (χ3n) is 11.7. The molecule has 8 rings (SSSR count). The maximum atomic E-state index is 14.0. The topological polar surface area (TPSA) is 208 Å². The van der Waals surface area contributed by atoms with E-state index in [0.717, 1.165) is 36.1 Å². The van der Waals surface area contributed by atoms with E-state index in [1.54, 1.807) is 83.0 Å². The fourth-order valence-corrected chi connectivity index (χ4v) is 8.44. The highest BCUT2D eigenvalue weighted by atomic mass is 16.7. The van der Waals surface area contributed by atoms with Crippen molar-refractivity contribution in [3.05, 3.63) is 102 Å². The molecule has 2 unspecified atom stereocenters. The number of carbonyl (C=O) groups is 5. The lowest BCUT2D eigenvalue weighted by atomic mass is 10.00. The maximum absolute atomic E-state index is 14.0. The molecule has 0 saturated carbocycles. The van der Waals surface area contributed by atoms with Crippen molar-refractivity contribution in [3.8, 4) is 22.8 Å². The number of aryl methyl sites for hydroxylation is 2. The third kappa shape index (κ3) is 9.98. The first-order valence-corrected chi connectivity index (χ1v) is 21.7. The van der Waals surface area contributed by atoms with Crippen LogP contribution in [0.4, 0.5) is 27.5 Å². The number of hydrogen-bond acceptors (Lipinski definition) is 10. The summed E-state index contributed by atoms with van der Waals surface area (Å²) in [7, 11) is 4.89. The van der Waals surface area contributed by atoms with Gasteiger partial charge in [0, 0.05) is 69.1 Å². The molecule has 65 heavy (non-hydrogen) atoms. The zero-order valence-corrected chi connectivity index (χ0v) is 36.5. The molecule has 5 aromatic rings. The normalized spacial score (nSPS) is 18.2. The first kappa shape index (κ1) is 44.4. The van der Waals surface area contributed by atoms with E-state index in [4.69, 9.17) is 18.9 Å². The average molecular weight is 889 g/mol. The van der Waals surface area contributed by atoms with Crippen LogP contribution in [0.3, 0.4) is 0 Å². The van der Waals surface area contributed by atoms with Crippen LogP contribution in [0.15, 0.2) is 85.2 Å². The minimum absolute atomic E-state index is 0.0686. The first-order valence-electron chi connectivity index (χ1n) is 21.7. The van der Waals surface area contributed by atoms with Gasteiger partial charge in [0.25, 0.3) is 17.7 Å². The predicted octanol–water partition coefficient (Wildman–Crippen LogP) is 7.10. The summed E-state index contributed by atoms with van der Waals surface area (Å²) >= 11 is 0. The van der Waals surface area contributed by atoms with Crippen LogP contribution in [0, 0.1) is 0 Å². The van der Waals surface area contributed by atoms with Gasteiger partial charge in [0.15, 0.2) is 29.8 Å². The SMILES string of the molecule is COc1cc2c(cc1OCCCC(=O)Nc1cc(C(=O)Nc3ccc(-c4cn(C)c(C(=O)Nc5ccccc5)n4)cc3)n(C)c1)N(C(=O)O)C(OC1CCCCO1)[C@@H]1CCCCN1C2=O. The summed E-state index contributed by atoms with van der Waals surface area (Å²) < 4.78 is 27.2. The molecule has 0 aliphatic carbocycles. The van der Waals surface area contributed by atoms with Crippen LogP contribution in [-0.2, 0) is 28.4 Å². The molecule has 5 heterocycles. The second-order valence-electron chi connectivity index (χ2n) is 16.2. The highest BCUT2D eigenvalue weighted by Gasteiger charge is 2.46. The quantitative estimate of drug-likeness (QED) is 0.0828. The number of carbonyl (C=O) groups excluding carboxylic acids is 4. The lowest BCUT2D eigenvalue weighted by Gasteiger charge is -2.42. The van der Waals surface area contributed by atoms with Crippen LogP contribution in [0.5, 0.6) is 11.5 Å². The van der Waals surface area contributed by atoms with Gasteiger partial charge in [0.05, 0.1) is 42.4 Å². The molecule has 2 aromatic heterocycles. The summed E-state index contributed by atoms with van der Waals surface area (Å²) in [6.45, 7) is 1.05. The summed E-state index contributed by atoms with van der Waals surface area (Å²) in [6.07, 6.45) is 5.46. The number of carboxylic acid groups (broad SMARTS) is 1. The van der Waals surface area contributed by atoms with Crippen LogP contribution in [0.25, 0.3) is 11.3 Å². The van der Waals surface area contributed by atoms with Gasteiger partial charge < -0.3 is 54.0 Å². The van der Waals surface area contributed by atoms with Gasteiger partial charge in [0.2, 0.25) is 5.91 Å². The van der Waals surface area contributed by atoms with Gasteiger partial charge in [-0.2, -0.15) is 0 Å². The lowest BCUT2D eigenvalue weighted by molar-refractivity contribution is -0.198. The molecule has 0 radical (unpaired) electrons. The standard InChI is InChI=1S/C47H52N8O10/c1-52-27-32(24-37(52)43(57)49-31-19-17-29(18-20-31)34-28-53(2)42(51-34)44(58)50-30-12-5-4-6-13-30)48-40(56)15-11-23-63-39-26-36-33(25-38(39)62-3)45(59)54-21-9-7-14-35(54)46(55(36)47(60)61)65-41-16-8-10-22-64-41/h4-6,12-13,17-20,24-28,35,41,46H,7-11,14-16,21-23H2,1-3H3,(H,48,56)(H,49,57)(H,50,58)(H,60,61)/t35-,41?,46?/m0/s1. The fraction of sp³-hybridized carbons (Fsp3) is 0.362. The van der Waals surface area contributed by atoms with Crippen molar-refractivity contribution in [1.29, 1.82) is 0 Å². The summed E-state index contributed by atoms with van der Waals surface area (Å²) in [4.78, 5) is 73.7. The molecule has 2 fully saturated rings. The Morgan fingerprint density at radius 3 is 2.32 bits per heavy atom. The number of rotatable bonds is 14. The molecule has 5 amide bonds. The second-order valence-corrected chi connectivity index (χ2v) is 16.2. The number of methoxy groups -OCH3 is 1. The minimum atomic E-state index is -1.28. The highest BCUT2D eigenvalue weighted by Crippen LogP contribution is 2.42. The average Bonchev–Trinajstić information content (AvgIpc) is 3.86. The molecule has 4 N–H and O–H groups in total. The van der Waals surface area contributed by atoms with Crippen molar-refractivity contribution in [3.63, 3.8) is 0 Å². The number of nitrogens with one attached hydrogen (secondary N) is 3. The molecule has 0 spiro atoms. The van der Waals surface area contributed by atoms with Crippen LogP contribution < -0.4 is 30.3 Å². The van der Waals surface area contributed by atoms with Crippen molar-refractivity contribution >= 4 is 52.5 Å². The van der Waals surface area contributed by atoms with Gasteiger partial charge in [0.1, 0.15) is 5.69 Å². The Balaban J connectivity index is 0.867. The summed E-state index contributed by atoms with van der Waals surface area (Å²) in [5.41, 5.74) is 3.57. The Labute approximate surface area is 375 Å². The van der Waals surface area contributed by atoms with Gasteiger partial charge >= 0.3 is 6.09 Å². The number of aromatic nitrogens is 3. The van der Waals surface area contributed by atoms with Crippen LogP contribution in [0.1, 0.15) is 82.8 Å². The number of anilines is 4. The van der Waals surface area contributed by atoms with Crippen molar-refractivity contribution in [2.75, 3.05) is 47.7 Å². The molecular weight excluding hydrogens is 837 g/mol. The number of imidazole rings is 1. The molecule has 3 aliphatic heterocycles. The minimum Gasteiger partial charge on any atom is -0.493 e. The summed E-state index contributed by atoms with van der Waals surface area (Å²) in [5.74, 6) is -0.644. The fourth-order valence-electron chi connectivity index (χ4n) is 8.44. The molecule has 18 nitrogen and oxygen atoms in total. The van der Waals surface area contributed by atoms with Crippen molar-refractivity contribution < 1.29 is 48.0 Å². The Bertz CT molecular complexity index is 2550. The van der Waals surface area contributed by atoms with E-state index in [-0.39, 0.29) is 71.7 Å². The molecule has 3 atom stereocenters. The van der Waals surface area contributed by atoms with Crippen LogP contribution in [-0.4, -0.2) is 99.3 Å². The molecule has 3 aliphatic rings.